The van der Waals surface area contributed by atoms with Gasteiger partial charge in [-0.25, -0.2) is 0 Å². The van der Waals surface area contributed by atoms with Gasteiger partial charge in [-0.2, -0.15) is 0 Å². The molecule has 1 saturated heterocycles. The van der Waals surface area contributed by atoms with Crippen LogP contribution < -0.4 is 15.5 Å². The fraction of sp³-hybridized carbons (Fsp3) is 0.233. The molecule has 3 heterocycles. The predicted molar refractivity (Wildman–Crippen MR) is 157 cm³/mol. The average molecular weight is 542 g/mol. The molecule has 9 heteroatoms. The van der Waals surface area contributed by atoms with E-state index >= 15 is 0 Å². The number of ether oxygens (including phenoxy) is 1. The summed E-state index contributed by atoms with van der Waals surface area (Å²) in [7, 11) is 1.49. The molecule has 4 aromatic rings. The van der Waals surface area contributed by atoms with Crippen LogP contribution in [0.1, 0.15) is 40.3 Å². The van der Waals surface area contributed by atoms with Crippen LogP contribution in [0.15, 0.2) is 72.9 Å². The number of aromatic hydroxyl groups is 1. The number of pyridine rings is 1. The van der Waals surface area contributed by atoms with Crippen molar-refractivity contribution in [1.29, 1.82) is 0 Å². The normalized spacial score (nSPS) is 16.8. The van der Waals surface area contributed by atoms with E-state index in [0.29, 0.717) is 5.11 Å². The number of hydrogen-bond donors (Lipinski definition) is 3. The molecule has 1 aliphatic heterocycles. The number of benzene rings is 2. The van der Waals surface area contributed by atoms with Crippen molar-refractivity contribution >= 4 is 34.6 Å². The van der Waals surface area contributed by atoms with Crippen molar-refractivity contribution in [2.45, 2.75) is 32.9 Å². The highest BCUT2D eigenvalue weighted by molar-refractivity contribution is 7.80. The van der Waals surface area contributed by atoms with E-state index in [0.717, 1.165) is 45.3 Å². The van der Waals surface area contributed by atoms with Gasteiger partial charge in [0.1, 0.15) is 12.4 Å². The van der Waals surface area contributed by atoms with Crippen LogP contribution >= 0.6 is 12.2 Å². The average Bonchev–Trinajstić information content (AvgIpc) is 3.41. The molecule has 1 amide bonds. The van der Waals surface area contributed by atoms with Crippen LogP contribution in [0.3, 0.4) is 0 Å². The second kappa shape index (κ2) is 10.9. The van der Waals surface area contributed by atoms with Crippen molar-refractivity contribution in [1.82, 2.24) is 14.9 Å². The zero-order valence-electron chi connectivity index (χ0n) is 22.3. The minimum Gasteiger partial charge on any atom is -0.506 e. The number of thiocarbonyl (C=S) groups is 1. The first-order valence-corrected chi connectivity index (χ1v) is 13.1. The number of aromatic nitrogens is 2. The Labute approximate surface area is 233 Å². The second-order valence-corrected chi connectivity index (χ2v) is 10.0. The maximum Gasteiger partial charge on any atom is 0.250 e. The molecular formula is C30H31N5O3S. The Hall–Kier alpha value is -4.21. The highest BCUT2D eigenvalue weighted by atomic mass is 32.1. The van der Waals surface area contributed by atoms with Crippen molar-refractivity contribution < 1.29 is 14.6 Å². The van der Waals surface area contributed by atoms with E-state index in [4.69, 9.17) is 17.0 Å². The molecule has 0 radical (unpaired) electrons. The molecule has 0 saturated carbocycles. The second-order valence-electron chi connectivity index (χ2n) is 9.63. The Balaban J connectivity index is 1.62. The third-order valence-electron chi connectivity index (χ3n) is 7.05. The SMILES string of the molecule is COCC(=O)Nc1ccc(N2C(=S)N[C@@H](c3ccccn3)[C@H]2c2cc(C)n(-c3ccccc3O)c2C)cc1C. The summed E-state index contributed by atoms with van der Waals surface area (Å²) in [5, 5.41) is 17.6. The Morgan fingerprint density at radius 3 is 2.56 bits per heavy atom. The smallest absolute Gasteiger partial charge is 0.250 e. The Morgan fingerprint density at radius 2 is 1.87 bits per heavy atom. The lowest BCUT2D eigenvalue weighted by molar-refractivity contribution is -0.119. The van der Waals surface area contributed by atoms with Crippen LogP contribution in [0.25, 0.3) is 5.69 Å². The number of nitrogens with zero attached hydrogens (tertiary/aromatic N) is 3. The number of phenolic OH excluding ortho intramolecular Hbond substituents is 1. The molecule has 1 fully saturated rings. The van der Waals surface area contributed by atoms with E-state index in [9.17, 15) is 9.90 Å². The van der Waals surface area contributed by atoms with Crippen molar-refractivity contribution in [2.24, 2.45) is 0 Å². The maximum absolute atomic E-state index is 12.1. The number of carbonyl (C=O) groups excluding carboxylic acids is 1. The summed E-state index contributed by atoms with van der Waals surface area (Å²) in [4.78, 5) is 18.9. The van der Waals surface area contributed by atoms with Gasteiger partial charge in [-0.05, 0) is 92.6 Å². The van der Waals surface area contributed by atoms with E-state index < -0.39 is 0 Å². The number of rotatable bonds is 7. The molecule has 2 aromatic carbocycles. The van der Waals surface area contributed by atoms with E-state index in [-0.39, 0.29) is 30.3 Å². The quantitative estimate of drug-likeness (QED) is 0.275. The lowest BCUT2D eigenvalue weighted by atomic mass is 9.96. The summed E-state index contributed by atoms with van der Waals surface area (Å²) in [6, 6.07) is 20.8. The van der Waals surface area contributed by atoms with Crippen LogP contribution in [0.5, 0.6) is 5.75 Å². The summed E-state index contributed by atoms with van der Waals surface area (Å²) in [6.07, 6.45) is 1.78. The number of phenols is 1. The van der Waals surface area contributed by atoms with Gasteiger partial charge in [0.25, 0.3) is 0 Å². The van der Waals surface area contributed by atoms with Gasteiger partial charge in [-0.15, -0.1) is 0 Å². The lowest BCUT2D eigenvalue weighted by Crippen LogP contribution is -2.29. The molecule has 0 aliphatic carbocycles. The van der Waals surface area contributed by atoms with Gasteiger partial charge in [-0.3, -0.25) is 9.78 Å². The van der Waals surface area contributed by atoms with E-state index in [2.05, 4.69) is 38.1 Å². The monoisotopic (exact) mass is 541 g/mol. The molecule has 5 rings (SSSR count). The molecule has 8 nitrogen and oxygen atoms in total. The summed E-state index contributed by atoms with van der Waals surface area (Å²) in [6.45, 7) is 6.03. The molecule has 0 bridgehead atoms. The van der Waals surface area contributed by atoms with E-state index in [1.165, 1.54) is 7.11 Å². The summed E-state index contributed by atoms with van der Waals surface area (Å²) >= 11 is 5.91. The largest absolute Gasteiger partial charge is 0.506 e. The van der Waals surface area contributed by atoms with Gasteiger partial charge < -0.3 is 29.9 Å². The van der Waals surface area contributed by atoms with Crippen LogP contribution in [0.4, 0.5) is 11.4 Å². The first-order valence-electron chi connectivity index (χ1n) is 12.7. The summed E-state index contributed by atoms with van der Waals surface area (Å²) in [5.74, 6) is 0.00203. The topological polar surface area (TPSA) is 91.7 Å². The van der Waals surface area contributed by atoms with Gasteiger partial charge in [0.05, 0.1) is 23.5 Å². The predicted octanol–water partition coefficient (Wildman–Crippen LogP) is 5.27. The molecule has 2 aromatic heterocycles. The fourth-order valence-electron chi connectivity index (χ4n) is 5.32. The zero-order chi connectivity index (χ0) is 27.7. The summed E-state index contributed by atoms with van der Waals surface area (Å²) in [5.41, 5.74) is 7.17. The standard InChI is InChI=1S/C30H31N5O3S/c1-18-15-21(12-13-23(18)32-27(37)17-38-4)35-29(28(33-30(35)39)24-9-7-8-14-31-24)22-16-19(2)34(20(22)3)25-10-5-6-11-26(25)36/h5-16,28-29,36H,17H2,1-4H3,(H,32,37)(H,33,39)/t28-,29+/m0/s1. The van der Waals surface area contributed by atoms with Crippen molar-refractivity contribution in [3.8, 4) is 11.4 Å². The third-order valence-corrected chi connectivity index (χ3v) is 7.36. The Kier molecular flexibility index (Phi) is 7.36. The number of carbonyl (C=O) groups is 1. The van der Waals surface area contributed by atoms with Crippen molar-refractivity contribution in [3.63, 3.8) is 0 Å². The molecule has 39 heavy (non-hydrogen) atoms. The Morgan fingerprint density at radius 1 is 1.10 bits per heavy atom. The van der Waals surface area contributed by atoms with E-state index in [1.54, 1.807) is 12.3 Å². The van der Waals surface area contributed by atoms with Crippen molar-refractivity contribution in [3.05, 3.63) is 101 Å². The number of para-hydroxylation sites is 2. The Bertz CT molecular complexity index is 1540. The number of anilines is 2. The first kappa shape index (κ1) is 26.4. The third kappa shape index (κ3) is 4.98. The van der Waals surface area contributed by atoms with Crippen LogP contribution in [0.2, 0.25) is 0 Å². The molecule has 200 valence electrons. The lowest BCUT2D eigenvalue weighted by Gasteiger charge is -2.29. The van der Waals surface area contributed by atoms with Gasteiger partial charge in [0.2, 0.25) is 5.91 Å². The van der Waals surface area contributed by atoms with Gasteiger partial charge in [-0.1, -0.05) is 18.2 Å². The summed E-state index contributed by atoms with van der Waals surface area (Å²) < 4.78 is 7.01. The zero-order valence-corrected chi connectivity index (χ0v) is 23.1. The number of methoxy groups -OCH3 is 1. The minimum absolute atomic E-state index is 0.0122. The number of nitrogens with one attached hydrogen (secondary N) is 2. The van der Waals surface area contributed by atoms with Gasteiger partial charge in [0.15, 0.2) is 5.11 Å². The minimum atomic E-state index is -0.216. The molecular weight excluding hydrogens is 510 g/mol. The van der Waals surface area contributed by atoms with Gasteiger partial charge in [0, 0.05) is 36.1 Å². The highest BCUT2D eigenvalue weighted by Crippen LogP contribution is 2.44. The molecule has 1 aliphatic rings. The molecule has 3 N–H and O–H groups in total. The first-order chi connectivity index (χ1) is 18.8. The fourth-order valence-corrected chi connectivity index (χ4v) is 5.66. The van der Waals surface area contributed by atoms with E-state index in [1.807, 2.05) is 68.4 Å². The number of aryl methyl sites for hydroxylation is 2. The maximum atomic E-state index is 12.1. The number of amides is 1. The molecule has 0 unspecified atom stereocenters. The highest BCUT2D eigenvalue weighted by Gasteiger charge is 2.42. The molecule has 2 atom stereocenters. The van der Waals surface area contributed by atoms with Crippen LogP contribution in [-0.4, -0.2) is 39.4 Å². The molecule has 0 spiro atoms. The van der Waals surface area contributed by atoms with Crippen molar-refractivity contribution in [2.75, 3.05) is 23.9 Å². The van der Waals surface area contributed by atoms with Crippen LogP contribution in [-0.2, 0) is 9.53 Å². The van der Waals surface area contributed by atoms with Crippen LogP contribution in [0, 0.1) is 20.8 Å². The van der Waals surface area contributed by atoms with Gasteiger partial charge >= 0.3 is 0 Å². The number of hydrogen-bond acceptors (Lipinski definition) is 5.